The fourth-order valence-electron chi connectivity index (χ4n) is 3.43. The van der Waals surface area contributed by atoms with E-state index < -0.39 is 5.97 Å². The Morgan fingerprint density at radius 3 is 1.38 bits per heavy atom. The summed E-state index contributed by atoms with van der Waals surface area (Å²) in [6.45, 7) is 5.69. The second-order valence-corrected chi connectivity index (χ2v) is 9.17. The van der Waals surface area contributed by atoms with Gasteiger partial charge in [-0.25, -0.2) is 0 Å². The lowest BCUT2D eigenvalue weighted by Gasteiger charge is -2.08. The van der Waals surface area contributed by atoms with Crippen molar-refractivity contribution in [2.24, 2.45) is 0 Å². The number of aliphatic carboxylic acids is 1. The first-order valence-electron chi connectivity index (χ1n) is 13.9. The molecule has 0 aliphatic rings. The molecule has 3 N–H and O–H groups in total. The number of ketones is 1. The second-order valence-electron chi connectivity index (χ2n) is 9.17. The second kappa shape index (κ2) is 27.0. The van der Waals surface area contributed by atoms with Crippen LogP contribution in [0.25, 0.3) is 0 Å². The van der Waals surface area contributed by atoms with E-state index in [1.54, 1.807) is 0 Å². The maximum Gasteiger partial charge on any atom is 0.303 e. The van der Waals surface area contributed by atoms with Crippen LogP contribution in [0.2, 0.25) is 0 Å². The number of carboxylic acid groups (broad SMARTS) is 1. The van der Waals surface area contributed by atoms with Crippen LogP contribution in [-0.4, -0.2) is 81.4 Å². The Morgan fingerprint density at radius 2 is 0.919 bits per heavy atom. The first-order valence-corrected chi connectivity index (χ1v) is 13.9. The highest BCUT2D eigenvalue weighted by Gasteiger charge is 2.03. The maximum absolute atomic E-state index is 11.8. The summed E-state index contributed by atoms with van der Waals surface area (Å²) in [7, 11) is 0. The van der Waals surface area contributed by atoms with Gasteiger partial charge in [0.15, 0.2) is 0 Å². The highest BCUT2D eigenvalue weighted by atomic mass is 16.5. The van der Waals surface area contributed by atoms with Crippen LogP contribution in [0.3, 0.4) is 0 Å². The molecule has 0 aliphatic carbocycles. The van der Waals surface area contributed by atoms with Crippen molar-refractivity contribution in [1.82, 2.24) is 10.6 Å². The molecule has 0 atom stereocenters. The molecule has 0 radical (unpaired) electrons. The van der Waals surface area contributed by atoms with Gasteiger partial charge in [-0.1, -0.05) is 38.5 Å². The minimum Gasteiger partial charge on any atom is -0.481 e. The summed E-state index contributed by atoms with van der Waals surface area (Å²) >= 11 is 0. The van der Waals surface area contributed by atoms with Crippen LogP contribution < -0.4 is 10.6 Å². The predicted octanol–water partition coefficient (Wildman–Crippen LogP) is 3.40. The van der Waals surface area contributed by atoms with E-state index in [1.807, 2.05) is 0 Å². The van der Waals surface area contributed by atoms with Crippen molar-refractivity contribution in [3.63, 3.8) is 0 Å². The van der Waals surface area contributed by atoms with Crippen molar-refractivity contribution in [2.75, 3.05) is 52.7 Å². The molecule has 0 rings (SSSR count). The van der Waals surface area contributed by atoms with E-state index in [4.69, 9.17) is 19.3 Å². The average molecular weight is 531 g/mol. The predicted molar refractivity (Wildman–Crippen MR) is 141 cm³/mol. The first kappa shape index (κ1) is 35.0. The Kier molecular flexibility index (Phi) is 25.5. The average Bonchev–Trinajstić information content (AvgIpc) is 2.86. The number of rotatable bonds is 28. The Morgan fingerprint density at radius 1 is 0.514 bits per heavy atom. The van der Waals surface area contributed by atoms with Gasteiger partial charge in [-0.3, -0.25) is 14.4 Å². The number of amides is 2. The van der Waals surface area contributed by atoms with E-state index in [1.165, 1.54) is 6.92 Å². The van der Waals surface area contributed by atoms with E-state index in [0.29, 0.717) is 65.6 Å². The van der Waals surface area contributed by atoms with Crippen molar-refractivity contribution in [2.45, 2.75) is 96.8 Å². The van der Waals surface area contributed by atoms with E-state index in [9.17, 15) is 19.2 Å². The zero-order chi connectivity index (χ0) is 27.4. The third kappa shape index (κ3) is 30.1. The van der Waals surface area contributed by atoms with Gasteiger partial charge in [0, 0.05) is 52.0 Å². The van der Waals surface area contributed by atoms with Crippen LogP contribution in [0.5, 0.6) is 0 Å². The van der Waals surface area contributed by atoms with Gasteiger partial charge in [0.25, 0.3) is 0 Å². The highest BCUT2D eigenvalue weighted by Crippen LogP contribution is 2.10. The fourth-order valence-corrected chi connectivity index (χ4v) is 3.43. The van der Waals surface area contributed by atoms with Gasteiger partial charge in [-0.05, 0) is 32.6 Å². The van der Waals surface area contributed by atoms with Crippen molar-refractivity contribution in [1.29, 1.82) is 0 Å². The number of hydrogen-bond acceptors (Lipinski definition) is 7. The molecule has 0 saturated heterocycles. The van der Waals surface area contributed by atoms with Crippen LogP contribution in [0.1, 0.15) is 96.8 Å². The number of unbranched alkanes of at least 4 members (excludes halogenated alkanes) is 7. The number of carbonyl (C=O) groups is 4. The molecule has 0 unspecified atom stereocenters. The van der Waals surface area contributed by atoms with Gasteiger partial charge in [0.05, 0.1) is 26.4 Å². The minimum absolute atomic E-state index is 0.0161. The summed E-state index contributed by atoms with van der Waals surface area (Å²) < 4.78 is 16.4. The molecule has 216 valence electrons. The fraction of sp³-hybridized carbons (Fsp3) is 0.852. The summed E-state index contributed by atoms with van der Waals surface area (Å²) in [5.74, 6) is -0.718. The molecule has 0 heterocycles. The molecule has 0 spiro atoms. The molecule has 2 amide bonds. The van der Waals surface area contributed by atoms with Crippen LogP contribution in [0.4, 0.5) is 0 Å². The van der Waals surface area contributed by atoms with Crippen molar-refractivity contribution >= 4 is 23.6 Å². The summed E-state index contributed by atoms with van der Waals surface area (Å²) in [5.41, 5.74) is 0. The number of nitrogens with one attached hydrogen (secondary N) is 2. The highest BCUT2D eigenvalue weighted by molar-refractivity contribution is 5.83. The van der Waals surface area contributed by atoms with E-state index >= 15 is 0 Å². The first-order chi connectivity index (χ1) is 17.9. The van der Waals surface area contributed by atoms with E-state index in [0.717, 1.165) is 57.8 Å². The van der Waals surface area contributed by atoms with Gasteiger partial charge in [0.2, 0.25) is 11.8 Å². The monoisotopic (exact) mass is 530 g/mol. The Bertz CT molecular complexity index is 601. The van der Waals surface area contributed by atoms with Crippen molar-refractivity contribution in [3.05, 3.63) is 0 Å². The normalized spacial score (nSPS) is 10.8. The molecule has 37 heavy (non-hydrogen) atoms. The molecule has 0 saturated carbocycles. The smallest absolute Gasteiger partial charge is 0.303 e. The maximum atomic E-state index is 11.8. The van der Waals surface area contributed by atoms with Crippen LogP contribution in [0, 0.1) is 0 Å². The molecule has 10 heteroatoms. The molecular weight excluding hydrogens is 480 g/mol. The largest absolute Gasteiger partial charge is 0.481 e. The number of Topliss-reactive ketones (excluding diaryl/α,β-unsaturated/α-hetero) is 1. The number of carbonyl (C=O) groups excluding carboxylic acids is 3. The summed E-state index contributed by atoms with van der Waals surface area (Å²) in [6, 6.07) is 0. The summed E-state index contributed by atoms with van der Waals surface area (Å²) in [4.78, 5) is 44.5. The van der Waals surface area contributed by atoms with E-state index in [2.05, 4.69) is 10.6 Å². The van der Waals surface area contributed by atoms with Gasteiger partial charge in [0.1, 0.15) is 5.78 Å². The molecule has 0 aromatic heterocycles. The number of hydrogen-bond donors (Lipinski definition) is 3. The Labute approximate surface area is 222 Å². The molecule has 0 aromatic carbocycles. The number of ether oxygens (including phenoxy) is 3. The molecular formula is C27H50N2O8. The van der Waals surface area contributed by atoms with E-state index in [-0.39, 0.29) is 36.9 Å². The molecule has 0 fully saturated rings. The Balaban J connectivity index is 3.22. The Hall–Kier alpha value is -2.04. The van der Waals surface area contributed by atoms with Crippen LogP contribution in [-0.2, 0) is 33.4 Å². The SMILES string of the molecule is CC(=O)CCC(=O)NCCCOCCOCCOCCCNC(=O)CCCCCCCCCCC(=O)O. The van der Waals surface area contributed by atoms with Crippen LogP contribution >= 0.6 is 0 Å². The topological polar surface area (TPSA) is 140 Å². The molecule has 10 nitrogen and oxygen atoms in total. The van der Waals surface area contributed by atoms with Gasteiger partial charge >= 0.3 is 5.97 Å². The standard InChI is InChI=1S/C27H50N2O8/c1-24(30)14-15-26(32)29-17-11-19-36-21-23-37-22-20-35-18-10-16-28-25(31)12-8-6-4-2-3-5-7-9-13-27(33)34/h2-23H2,1H3,(H,28,31)(H,29,32)(H,33,34). The zero-order valence-corrected chi connectivity index (χ0v) is 22.9. The number of carboxylic acids is 1. The van der Waals surface area contributed by atoms with Crippen LogP contribution in [0.15, 0.2) is 0 Å². The van der Waals surface area contributed by atoms with Crippen molar-refractivity contribution < 1.29 is 38.5 Å². The molecule has 0 bridgehead atoms. The quantitative estimate of drug-likeness (QED) is 0.131. The van der Waals surface area contributed by atoms with Crippen molar-refractivity contribution in [3.8, 4) is 0 Å². The van der Waals surface area contributed by atoms with Gasteiger partial charge in [-0.2, -0.15) is 0 Å². The van der Waals surface area contributed by atoms with Gasteiger partial charge in [-0.15, -0.1) is 0 Å². The summed E-state index contributed by atoms with van der Waals surface area (Å²) in [5, 5.41) is 14.3. The molecule has 0 aromatic rings. The minimum atomic E-state index is -0.716. The molecule has 0 aliphatic heterocycles. The lowest BCUT2D eigenvalue weighted by atomic mass is 10.1. The zero-order valence-electron chi connectivity index (χ0n) is 22.9. The third-order valence-corrected chi connectivity index (χ3v) is 5.57. The third-order valence-electron chi connectivity index (χ3n) is 5.57. The summed E-state index contributed by atoms with van der Waals surface area (Å²) in [6.07, 6.45) is 11.0. The van der Waals surface area contributed by atoms with Gasteiger partial charge < -0.3 is 34.7 Å². The lowest BCUT2D eigenvalue weighted by molar-refractivity contribution is -0.137. The lowest BCUT2D eigenvalue weighted by Crippen LogP contribution is -2.25.